The Kier molecular flexibility index (Phi) is 2.80. The van der Waals surface area contributed by atoms with Gasteiger partial charge in [0.15, 0.2) is 0 Å². The molecule has 0 aliphatic carbocycles. The minimum absolute atomic E-state index is 0.0366. The second-order valence-corrected chi connectivity index (χ2v) is 2.83. The first-order chi connectivity index (χ1) is 5.91. The summed E-state index contributed by atoms with van der Waals surface area (Å²) in [6.07, 6.45) is -4.77. The summed E-state index contributed by atoms with van der Waals surface area (Å²) in [4.78, 5) is 12.8. The van der Waals surface area contributed by atoms with Gasteiger partial charge in [0, 0.05) is 33.2 Å². The second kappa shape index (κ2) is 3.53. The third kappa shape index (κ3) is 2.58. The maximum absolute atomic E-state index is 11.9. The van der Waals surface area contributed by atoms with Crippen LogP contribution in [0, 0.1) is 7.05 Å². The van der Waals surface area contributed by atoms with Crippen LogP contribution in [0.25, 0.3) is 0 Å². The Bertz CT molecular complexity index is 196. The van der Waals surface area contributed by atoms with E-state index in [1.54, 1.807) is 0 Å². The van der Waals surface area contributed by atoms with E-state index in [0.29, 0.717) is 0 Å². The van der Waals surface area contributed by atoms with Crippen LogP contribution in [0.15, 0.2) is 0 Å². The number of rotatable bonds is 0. The molecule has 74 valence electrons. The van der Waals surface area contributed by atoms with Crippen molar-refractivity contribution in [3.8, 4) is 0 Å². The first kappa shape index (κ1) is 10.3. The van der Waals surface area contributed by atoms with Crippen molar-refractivity contribution in [1.29, 1.82) is 0 Å². The molecule has 0 aromatic carbocycles. The quantitative estimate of drug-likeness (QED) is 0.556. The molecule has 3 nitrogen and oxygen atoms in total. The molecule has 1 rings (SSSR count). The fourth-order valence-corrected chi connectivity index (χ4v) is 1.10. The highest BCUT2D eigenvalue weighted by Gasteiger charge is 2.42. The van der Waals surface area contributed by atoms with E-state index in [9.17, 15) is 18.0 Å². The van der Waals surface area contributed by atoms with Crippen LogP contribution in [-0.4, -0.2) is 48.1 Å². The molecule has 0 spiro atoms. The third-order valence-corrected chi connectivity index (χ3v) is 1.84. The summed E-state index contributed by atoms with van der Waals surface area (Å²) in [5.74, 6) is -1.78. The van der Waals surface area contributed by atoms with E-state index in [4.69, 9.17) is 7.05 Å². The smallest absolute Gasteiger partial charge is 0.332 e. The highest BCUT2D eigenvalue weighted by molar-refractivity contribution is 5.81. The number of carbonyl (C=O) groups excluding carboxylic acids is 1. The Balaban J connectivity index is 2.50. The Morgan fingerprint density at radius 1 is 1.15 bits per heavy atom. The lowest BCUT2D eigenvalue weighted by molar-refractivity contribution is -0.186. The number of carbonyl (C=O) groups is 1. The summed E-state index contributed by atoms with van der Waals surface area (Å²) in [7, 11) is 5.32. The van der Waals surface area contributed by atoms with E-state index in [1.165, 1.54) is 4.90 Å². The predicted octanol–water partition coefficient (Wildman–Crippen LogP) is 0.361. The van der Waals surface area contributed by atoms with Crippen molar-refractivity contribution in [2.45, 2.75) is 6.18 Å². The van der Waals surface area contributed by atoms with Crippen molar-refractivity contribution in [1.82, 2.24) is 9.80 Å². The molecule has 13 heavy (non-hydrogen) atoms. The van der Waals surface area contributed by atoms with Crippen molar-refractivity contribution in [3.05, 3.63) is 7.05 Å². The fourth-order valence-electron chi connectivity index (χ4n) is 1.10. The summed E-state index contributed by atoms with van der Waals surface area (Å²) in [6.45, 7) is 0.632. The van der Waals surface area contributed by atoms with Gasteiger partial charge in [-0.25, -0.2) is 0 Å². The SMILES string of the molecule is [CH]N1CCN(C(=O)C(F)(F)F)CC1. The van der Waals surface area contributed by atoms with Crippen molar-refractivity contribution in [2.75, 3.05) is 26.2 Å². The lowest BCUT2D eigenvalue weighted by Gasteiger charge is -2.32. The van der Waals surface area contributed by atoms with E-state index in [0.717, 1.165) is 4.90 Å². The zero-order chi connectivity index (χ0) is 10.1. The molecule has 0 atom stereocenters. The number of hydrogen-bond acceptors (Lipinski definition) is 2. The summed E-state index contributed by atoms with van der Waals surface area (Å²) < 4.78 is 35.7. The lowest BCUT2D eigenvalue weighted by Crippen LogP contribution is -2.50. The molecule has 0 aromatic rings. The van der Waals surface area contributed by atoms with Crippen molar-refractivity contribution in [3.63, 3.8) is 0 Å². The predicted molar refractivity (Wildman–Crippen MR) is 38.5 cm³/mol. The van der Waals surface area contributed by atoms with E-state index >= 15 is 0 Å². The van der Waals surface area contributed by atoms with Crippen LogP contribution in [0.2, 0.25) is 0 Å². The Labute approximate surface area is 74.1 Å². The Morgan fingerprint density at radius 2 is 1.62 bits per heavy atom. The third-order valence-electron chi connectivity index (χ3n) is 1.84. The standard InChI is InChI=1S/C7H9F3N2O/c1-11-2-4-12(5-3-11)6(13)7(8,9)10/h1H,2-5H2. The van der Waals surface area contributed by atoms with Gasteiger partial charge in [0.2, 0.25) is 0 Å². The Hall–Kier alpha value is -0.780. The van der Waals surface area contributed by atoms with Crippen LogP contribution in [0.5, 0.6) is 0 Å². The summed E-state index contributed by atoms with van der Waals surface area (Å²) in [6, 6.07) is 0. The van der Waals surface area contributed by atoms with Gasteiger partial charge in [0.1, 0.15) is 0 Å². The number of amides is 1. The van der Waals surface area contributed by atoms with Crippen molar-refractivity contribution < 1.29 is 18.0 Å². The molecule has 1 saturated heterocycles. The number of hydrogen-bond donors (Lipinski definition) is 0. The average molecular weight is 194 g/mol. The van der Waals surface area contributed by atoms with Crippen LogP contribution in [0.4, 0.5) is 13.2 Å². The van der Waals surface area contributed by atoms with Crippen LogP contribution in [0.3, 0.4) is 0 Å². The van der Waals surface area contributed by atoms with Crippen LogP contribution >= 0.6 is 0 Å². The molecule has 0 N–H and O–H groups in total. The van der Waals surface area contributed by atoms with Crippen molar-refractivity contribution >= 4 is 5.91 Å². The topological polar surface area (TPSA) is 23.6 Å². The normalized spacial score (nSPS) is 20.5. The molecule has 1 aliphatic heterocycles. The monoisotopic (exact) mass is 194 g/mol. The van der Waals surface area contributed by atoms with Crippen molar-refractivity contribution in [2.24, 2.45) is 0 Å². The highest BCUT2D eigenvalue weighted by atomic mass is 19.4. The largest absolute Gasteiger partial charge is 0.471 e. The number of halogens is 3. The van der Waals surface area contributed by atoms with Gasteiger partial charge >= 0.3 is 12.1 Å². The second-order valence-electron chi connectivity index (χ2n) is 2.83. The molecule has 0 unspecified atom stereocenters. The number of piperazine rings is 1. The summed E-state index contributed by atoms with van der Waals surface area (Å²) in [5.41, 5.74) is 0. The molecule has 0 saturated carbocycles. The summed E-state index contributed by atoms with van der Waals surface area (Å²) >= 11 is 0. The summed E-state index contributed by atoms with van der Waals surface area (Å²) in [5, 5.41) is 0. The Morgan fingerprint density at radius 3 is 2.00 bits per heavy atom. The molecule has 1 fully saturated rings. The molecule has 1 aliphatic rings. The minimum atomic E-state index is -4.77. The van der Waals surface area contributed by atoms with Crippen LogP contribution < -0.4 is 0 Å². The maximum Gasteiger partial charge on any atom is 0.471 e. The maximum atomic E-state index is 11.9. The van der Waals surface area contributed by atoms with Gasteiger partial charge in [-0.1, -0.05) is 0 Å². The van der Waals surface area contributed by atoms with Gasteiger partial charge < -0.3 is 4.90 Å². The van der Waals surface area contributed by atoms with E-state index in [1.807, 2.05) is 0 Å². The van der Waals surface area contributed by atoms with Crippen LogP contribution in [-0.2, 0) is 4.79 Å². The van der Waals surface area contributed by atoms with E-state index in [-0.39, 0.29) is 26.2 Å². The highest BCUT2D eigenvalue weighted by Crippen LogP contribution is 2.19. The number of alkyl halides is 3. The van der Waals surface area contributed by atoms with Gasteiger partial charge in [-0.2, -0.15) is 13.2 Å². The molecule has 6 heteroatoms. The zero-order valence-corrected chi connectivity index (χ0v) is 6.84. The van der Waals surface area contributed by atoms with E-state index < -0.39 is 12.1 Å². The van der Waals surface area contributed by atoms with E-state index in [2.05, 4.69) is 0 Å². The molecule has 2 radical (unpaired) electrons. The molecule has 1 heterocycles. The molecule has 0 aromatic heterocycles. The molecular weight excluding hydrogens is 185 g/mol. The number of nitrogens with zero attached hydrogens (tertiary/aromatic N) is 2. The van der Waals surface area contributed by atoms with Gasteiger partial charge in [0.05, 0.1) is 0 Å². The molecular formula is C7H9F3N2O. The van der Waals surface area contributed by atoms with Gasteiger partial charge in [-0.3, -0.25) is 9.69 Å². The molecule has 1 amide bonds. The van der Waals surface area contributed by atoms with Gasteiger partial charge in [0.25, 0.3) is 0 Å². The average Bonchev–Trinajstić information content (AvgIpc) is 2.03. The molecule has 0 bridgehead atoms. The lowest BCUT2D eigenvalue weighted by atomic mass is 10.3. The minimum Gasteiger partial charge on any atom is -0.332 e. The fraction of sp³-hybridized carbons (Fsp3) is 0.714. The van der Waals surface area contributed by atoms with Crippen LogP contribution in [0.1, 0.15) is 0 Å². The van der Waals surface area contributed by atoms with Gasteiger partial charge in [-0.05, 0) is 0 Å². The first-order valence-electron chi connectivity index (χ1n) is 3.77. The zero-order valence-electron chi connectivity index (χ0n) is 6.84. The first-order valence-corrected chi connectivity index (χ1v) is 3.77. The van der Waals surface area contributed by atoms with Gasteiger partial charge in [-0.15, -0.1) is 0 Å².